The molecule has 0 aliphatic heterocycles. The minimum absolute atomic E-state index is 0.530. The van der Waals surface area contributed by atoms with Gasteiger partial charge >= 0.3 is 0 Å². The zero-order valence-electron chi connectivity index (χ0n) is 15.8. The maximum absolute atomic E-state index is 5.85. The van der Waals surface area contributed by atoms with E-state index in [4.69, 9.17) is 9.47 Å². The monoisotopic (exact) mass is 375 g/mol. The Bertz CT molecular complexity index is 1050. The number of hydrogen-bond acceptors (Lipinski definition) is 6. The molecule has 7 nitrogen and oxygen atoms in total. The molecule has 4 rings (SSSR count). The summed E-state index contributed by atoms with van der Waals surface area (Å²) in [5.74, 6) is 3.09. The van der Waals surface area contributed by atoms with Crippen molar-refractivity contribution >= 4 is 11.6 Å². The van der Waals surface area contributed by atoms with Crippen LogP contribution in [0.15, 0.2) is 67.0 Å². The molecule has 2 aromatic heterocycles. The molecule has 0 fully saturated rings. The SMILES string of the molecule is COc1ccc(OCCN(C)c2cc(-c3ccccc3)nc3ncnn23)cc1. The van der Waals surface area contributed by atoms with Crippen LogP contribution < -0.4 is 14.4 Å². The summed E-state index contributed by atoms with van der Waals surface area (Å²) in [6.45, 7) is 1.21. The molecule has 28 heavy (non-hydrogen) atoms. The second-order valence-corrected chi connectivity index (χ2v) is 6.28. The summed E-state index contributed by atoms with van der Waals surface area (Å²) >= 11 is 0. The fourth-order valence-electron chi connectivity index (χ4n) is 2.91. The smallest absolute Gasteiger partial charge is 0.254 e. The standard InChI is InChI=1S/C21H21N5O2/c1-25(12-13-28-18-10-8-17(27-2)9-11-18)20-14-19(16-6-4-3-5-7-16)24-21-22-15-23-26(20)21/h3-11,14-15H,12-13H2,1-2H3. The van der Waals surface area contributed by atoms with Gasteiger partial charge in [-0.05, 0) is 24.3 Å². The molecule has 4 aromatic rings. The first kappa shape index (κ1) is 17.8. The van der Waals surface area contributed by atoms with Crippen molar-refractivity contribution in [3.8, 4) is 22.8 Å². The Morgan fingerprint density at radius 1 is 1.00 bits per heavy atom. The number of hydrogen-bond donors (Lipinski definition) is 0. The van der Waals surface area contributed by atoms with Crippen LogP contribution in [0.2, 0.25) is 0 Å². The van der Waals surface area contributed by atoms with Crippen LogP contribution in [0, 0.1) is 0 Å². The number of benzene rings is 2. The van der Waals surface area contributed by atoms with E-state index in [1.807, 2.05) is 67.7 Å². The zero-order valence-corrected chi connectivity index (χ0v) is 15.8. The lowest BCUT2D eigenvalue weighted by Crippen LogP contribution is -2.26. The minimum Gasteiger partial charge on any atom is -0.497 e. The van der Waals surface area contributed by atoms with Crippen molar-refractivity contribution in [3.63, 3.8) is 0 Å². The van der Waals surface area contributed by atoms with Crippen molar-refractivity contribution in [1.29, 1.82) is 0 Å². The molecule has 0 unspecified atom stereocenters. The fourth-order valence-corrected chi connectivity index (χ4v) is 2.91. The molecule has 0 spiro atoms. The molecule has 0 saturated heterocycles. The van der Waals surface area contributed by atoms with Crippen LogP contribution in [-0.2, 0) is 0 Å². The van der Waals surface area contributed by atoms with Crippen molar-refractivity contribution in [2.75, 3.05) is 32.2 Å². The van der Waals surface area contributed by atoms with Gasteiger partial charge in [0.25, 0.3) is 5.78 Å². The number of anilines is 1. The Labute approximate surface area is 163 Å². The molecule has 0 aliphatic carbocycles. The molecule has 0 aliphatic rings. The Kier molecular flexibility index (Phi) is 5.05. The lowest BCUT2D eigenvalue weighted by molar-refractivity contribution is 0.324. The molecule has 0 saturated carbocycles. The summed E-state index contributed by atoms with van der Waals surface area (Å²) in [5.41, 5.74) is 1.90. The van der Waals surface area contributed by atoms with Crippen LogP contribution in [0.1, 0.15) is 0 Å². The largest absolute Gasteiger partial charge is 0.497 e. The molecule has 0 amide bonds. The van der Waals surface area contributed by atoms with E-state index in [0.717, 1.165) is 28.6 Å². The van der Waals surface area contributed by atoms with E-state index in [9.17, 15) is 0 Å². The van der Waals surface area contributed by atoms with E-state index in [1.54, 1.807) is 11.6 Å². The topological polar surface area (TPSA) is 64.8 Å². The quantitative estimate of drug-likeness (QED) is 0.494. The number of ether oxygens (including phenoxy) is 2. The third-order valence-electron chi connectivity index (χ3n) is 4.45. The van der Waals surface area contributed by atoms with Crippen LogP contribution in [0.5, 0.6) is 11.5 Å². The number of aromatic nitrogens is 4. The first-order chi connectivity index (χ1) is 13.7. The zero-order chi connectivity index (χ0) is 19.3. The Hall–Kier alpha value is -3.61. The van der Waals surface area contributed by atoms with Gasteiger partial charge in [0.05, 0.1) is 19.3 Å². The number of rotatable bonds is 7. The molecule has 7 heteroatoms. The van der Waals surface area contributed by atoms with Crippen LogP contribution in [-0.4, -0.2) is 46.9 Å². The van der Waals surface area contributed by atoms with E-state index in [-0.39, 0.29) is 0 Å². The first-order valence-electron chi connectivity index (χ1n) is 8.99. The molecule has 0 N–H and O–H groups in total. The maximum Gasteiger partial charge on any atom is 0.254 e. The molecule has 2 heterocycles. The molecular formula is C21H21N5O2. The average molecular weight is 375 g/mol. The van der Waals surface area contributed by atoms with Gasteiger partial charge in [-0.15, -0.1) is 0 Å². The Morgan fingerprint density at radius 2 is 1.75 bits per heavy atom. The fraction of sp³-hybridized carbons (Fsp3) is 0.190. The van der Waals surface area contributed by atoms with E-state index in [2.05, 4.69) is 20.0 Å². The van der Waals surface area contributed by atoms with Gasteiger partial charge in [-0.1, -0.05) is 30.3 Å². The summed E-state index contributed by atoms with van der Waals surface area (Å²) in [7, 11) is 3.65. The number of nitrogens with zero attached hydrogens (tertiary/aromatic N) is 5. The number of methoxy groups -OCH3 is 1. The second-order valence-electron chi connectivity index (χ2n) is 6.28. The highest BCUT2D eigenvalue weighted by atomic mass is 16.5. The average Bonchev–Trinajstić information content (AvgIpc) is 3.23. The summed E-state index contributed by atoms with van der Waals surface area (Å²) in [5, 5.41) is 4.31. The van der Waals surface area contributed by atoms with Gasteiger partial charge in [0.15, 0.2) is 0 Å². The third-order valence-corrected chi connectivity index (χ3v) is 4.45. The maximum atomic E-state index is 5.85. The van der Waals surface area contributed by atoms with Crippen molar-refractivity contribution < 1.29 is 9.47 Å². The second kappa shape index (κ2) is 7.96. The van der Waals surface area contributed by atoms with Crippen LogP contribution in [0.3, 0.4) is 0 Å². The van der Waals surface area contributed by atoms with Crippen LogP contribution in [0.4, 0.5) is 5.82 Å². The molecule has 0 radical (unpaired) electrons. The highest BCUT2D eigenvalue weighted by molar-refractivity contribution is 5.65. The van der Waals surface area contributed by atoms with Gasteiger partial charge in [-0.2, -0.15) is 14.6 Å². The summed E-state index contributed by atoms with van der Waals surface area (Å²) in [6, 6.07) is 19.6. The predicted molar refractivity (Wildman–Crippen MR) is 108 cm³/mol. The number of likely N-dealkylation sites (N-methyl/N-ethyl adjacent to an activating group) is 1. The molecular weight excluding hydrogens is 354 g/mol. The van der Waals surface area contributed by atoms with Gasteiger partial charge in [-0.3, -0.25) is 0 Å². The van der Waals surface area contributed by atoms with Gasteiger partial charge < -0.3 is 14.4 Å². The molecule has 2 aromatic carbocycles. The summed E-state index contributed by atoms with van der Waals surface area (Å²) in [4.78, 5) is 11.0. The summed E-state index contributed by atoms with van der Waals surface area (Å²) < 4.78 is 12.7. The van der Waals surface area contributed by atoms with Crippen molar-refractivity contribution in [2.24, 2.45) is 0 Å². The normalized spacial score (nSPS) is 10.8. The van der Waals surface area contributed by atoms with Crippen molar-refractivity contribution in [1.82, 2.24) is 19.6 Å². The highest BCUT2D eigenvalue weighted by Gasteiger charge is 2.12. The first-order valence-corrected chi connectivity index (χ1v) is 8.99. The highest BCUT2D eigenvalue weighted by Crippen LogP contribution is 2.23. The number of fused-ring (bicyclic) bond motifs is 1. The molecule has 0 atom stereocenters. The van der Waals surface area contributed by atoms with Gasteiger partial charge in [0, 0.05) is 18.7 Å². The minimum atomic E-state index is 0.530. The van der Waals surface area contributed by atoms with E-state index >= 15 is 0 Å². The Balaban J connectivity index is 1.51. The van der Waals surface area contributed by atoms with Crippen molar-refractivity contribution in [2.45, 2.75) is 0 Å². The van der Waals surface area contributed by atoms with E-state index < -0.39 is 0 Å². The predicted octanol–water partition coefficient (Wildman–Crippen LogP) is 3.32. The van der Waals surface area contributed by atoms with Crippen LogP contribution in [0.25, 0.3) is 17.0 Å². The molecule has 142 valence electrons. The Morgan fingerprint density at radius 3 is 2.50 bits per heavy atom. The van der Waals surface area contributed by atoms with Gasteiger partial charge in [0.2, 0.25) is 0 Å². The van der Waals surface area contributed by atoms with Crippen molar-refractivity contribution in [3.05, 3.63) is 67.0 Å². The third kappa shape index (κ3) is 3.73. The van der Waals surface area contributed by atoms with Gasteiger partial charge in [-0.25, -0.2) is 4.98 Å². The van der Waals surface area contributed by atoms with Crippen LogP contribution >= 0.6 is 0 Å². The lowest BCUT2D eigenvalue weighted by atomic mass is 10.1. The summed E-state index contributed by atoms with van der Waals surface area (Å²) in [6.07, 6.45) is 1.52. The van der Waals surface area contributed by atoms with Gasteiger partial charge in [0.1, 0.15) is 30.3 Å². The molecule has 0 bridgehead atoms. The van der Waals surface area contributed by atoms with E-state index in [1.165, 1.54) is 6.33 Å². The van der Waals surface area contributed by atoms with E-state index in [0.29, 0.717) is 18.9 Å². The lowest BCUT2D eigenvalue weighted by Gasteiger charge is -2.20.